The molecular weight excluding hydrogens is 256 g/mol. The lowest BCUT2D eigenvalue weighted by atomic mass is 9.89. The molecule has 0 aromatic heterocycles. The van der Waals surface area contributed by atoms with Crippen molar-refractivity contribution in [3.8, 4) is 0 Å². The second-order valence-electron chi connectivity index (χ2n) is 4.82. The van der Waals surface area contributed by atoms with Gasteiger partial charge in [-0.25, -0.2) is 0 Å². The summed E-state index contributed by atoms with van der Waals surface area (Å²) in [5.74, 6) is 0. The maximum absolute atomic E-state index is 6.16. The van der Waals surface area contributed by atoms with E-state index in [4.69, 9.17) is 11.6 Å². The Morgan fingerprint density at radius 1 is 1.16 bits per heavy atom. The normalized spacial score (nSPS) is 17.9. The van der Waals surface area contributed by atoms with E-state index < -0.39 is 0 Å². The first-order chi connectivity index (χ1) is 9.29. The summed E-state index contributed by atoms with van der Waals surface area (Å²) in [6, 6.07) is 14.8. The van der Waals surface area contributed by atoms with E-state index >= 15 is 0 Å². The van der Waals surface area contributed by atoms with E-state index in [9.17, 15) is 0 Å². The minimum atomic E-state index is 0.214. The van der Waals surface area contributed by atoms with Crippen LogP contribution >= 0.6 is 11.6 Å². The highest BCUT2D eigenvalue weighted by molar-refractivity contribution is 6.30. The topological polar surface area (TPSA) is 24.1 Å². The summed E-state index contributed by atoms with van der Waals surface area (Å²) in [5.41, 5.74) is 5.11. The van der Waals surface area contributed by atoms with Crippen LogP contribution in [0, 0.1) is 0 Å². The smallest absolute Gasteiger partial charge is 0.0600 e. The molecule has 0 saturated heterocycles. The monoisotopic (exact) mass is 272 g/mol. The lowest BCUT2D eigenvalue weighted by Crippen LogP contribution is -2.31. The van der Waals surface area contributed by atoms with Gasteiger partial charge >= 0.3 is 0 Å². The first kappa shape index (κ1) is 12.5. The zero-order valence-electron chi connectivity index (χ0n) is 10.9. The zero-order chi connectivity index (χ0) is 13.2. The molecule has 2 aromatic carbocycles. The van der Waals surface area contributed by atoms with Gasteiger partial charge in [0.05, 0.1) is 6.04 Å². The van der Waals surface area contributed by atoms with Crippen LogP contribution in [0.3, 0.4) is 0 Å². The van der Waals surface area contributed by atoms with Crippen LogP contribution in [0.4, 0.5) is 5.69 Å². The third-order valence-electron chi connectivity index (χ3n) is 3.70. The summed E-state index contributed by atoms with van der Waals surface area (Å²) in [4.78, 5) is 0. The number of anilines is 1. The first-order valence-corrected chi connectivity index (χ1v) is 6.96. The number of hydrogen-bond donors (Lipinski definition) is 2. The van der Waals surface area contributed by atoms with Gasteiger partial charge in [0.2, 0.25) is 0 Å². The number of hydrogen-bond acceptors (Lipinski definition) is 2. The van der Waals surface area contributed by atoms with E-state index in [1.54, 1.807) is 0 Å². The van der Waals surface area contributed by atoms with Gasteiger partial charge in [0.1, 0.15) is 0 Å². The number of benzene rings is 2. The highest BCUT2D eigenvalue weighted by atomic mass is 35.5. The summed E-state index contributed by atoms with van der Waals surface area (Å²) in [6.45, 7) is 0.997. The van der Waals surface area contributed by atoms with Gasteiger partial charge in [-0.1, -0.05) is 35.9 Å². The molecule has 98 valence electrons. The lowest BCUT2D eigenvalue weighted by molar-refractivity contribution is 0.569. The fourth-order valence-corrected chi connectivity index (χ4v) is 2.96. The Morgan fingerprint density at radius 3 is 2.84 bits per heavy atom. The van der Waals surface area contributed by atoms with Gasteiger partial charge < -0.3 is 10.6 Å². The van der Waals surface area contributed by atoms with E-state index in [0.29, 0.717) is 0 Å². The SMILES string of the molecule is CNc1ccc(Cl)cc1[C@@H]1NCCc2ccccc21. The highest BCUT2D eigenvalue weighted by Crippen LogP contribution is 2.34. The van der Waals surface area contributed by atoms with E-state index in [0.717, 1.165) is 23.7 Å². The van der Waals surface area contributed by atoms with Crippen LogP contribution < -0.4 is 10.6 Å². The molecule has 19 heavy (non-hydrogen) atoms. The van der Waals surface area contributed by atoms with Crippen molar-refractivity contribution >= 4 is 17.3 Å². The summed E-state index contributed by atoms with van der Waals surface area (Å²) < 4.78 is 0. The molecule has 0 spiro atoms. The second kappa shape index (κ2) is 5.24. The quantitative estimate of drug-likeness (QED) is 0.873. The van der Waals surface area contributed by atoms with Crippen molar-refractivity contribution in [2.24, 2.45) is 0 Å². The van der Waals surface area contributed by atoms with Crippen molar-refractivity contribution in [3.63, 3.8) is 0 Å². The molecule has 1 atom stereocenters. The molecule has 3 heteroatoms. The second-order valence-corrected chi connectivity index (χ2v) is 5.25. The van der Waals surface area contributed by atoms with Crippen LogP contribution in [-0.4, -0.2) is 13.6 Å². The van der Waals surface area contributed by atoms with Crippen molar-refractivity contribution in [1.29, 1.82) is 0 Å². The third-order valence-corrected chi connectivity index (χ3v) is 3.94. The van der Waals surface area contributed by atoms with Crippen molar-refractivity contribution in [2.45, 2.75) is 12.5 Å². The number of fused-ring (bicyclic) bond motifs is 1. The number of rotatable bonds is 2. The van der Waals surface area contributed by atoms with Gasteiger partial charge in [0, 0.05) is 24.3 Å². The minimum absolute atomic E-state index is 0.214. The van der Waals surface area contributed by atoms with Gasteiger partial charge in [-0.3, -0.25) is 0 Å². The van der Waals surface area contributed by atoms with Crippen molar-refractivity contribution < 1.29 is 0 Å². The maximum Gasteiger partial charge on any atom is 0.0600 e. The largest absolute Gasteiger partial charge is 0.388 e. The van der Waals surface area contributed by atoms with Gasteiger partial charge in [-0.15, -0.1) is 0 Å². The van der Waals surface area contributed by atoms with E-state index in [2.05, 4.69) is 34.9 Å². The Morgan fingerprint density at radius 2 is 2.00 bits per heavy atom. The molecule has 0 bridgehead atoms. The van der Waals surface area contributed by atoms with E-state index in [-0.39, 0.29) is 6.04 Å². The summed E-state index contributed by atoms with van der Waals surface area (Å²) in [6.07, 6.45) is 1.09. The summed E-state index contributed by atoms with van der Waals surface area (Å²) >= 11 is 6.16. The van der Waals surface area contributed by atoms with Crippen LogP contribution in [-0.2, 0) is 6.42 Å². The Labute approximate surface area is 118 Å². The average molecular weight is 273 g/mol. The molecule has 1 aliphatic heterocycles. The van der Waals surface area contributed by atoms with E-state index in [1.807, 2.05) is 25.2 Å². The Kier molecular flexibility index (Phi) is 3.45. The van der Waals surface area contributed by atoms with E-state index in [1.165, 1.54) is 16.7 Å². The molecule has 1 aliphatic rings. The summed E-state index contributed by atoms with van der Waals surface area (Å²) in [5, 5.41) is 7.62. The molecule has 1 heterocycles. The van der Waals surface area contributed by atoms with Crippen molar-refractivity contribution in [2.75, 3.05) is 18.9 Å². The van der Waals surface area contributed by atoms with Crippen LogP contribution in [0.2, 0.25) is 5.02 Å². The molecule has 0 radical (unpaired) electrons. The van der Waals surface area contributed by atoms with Crippen molar-refractivity contribution in [1.82, 2.24) is 5.32 Å². The number of nitrogens with one attached hydrogen (secondary N) is 2. The standard InChI is InChI=1S/C16H17ClN2/c1-18-15-7-6-12(17)10-14(15)16-13-5-3-2-4-11(13)8-9-19-16/h2-7,10,16,18-19H,8-9H2,1H3/t16-/m1/s1. The maximum atomic E-state index is 6.16. The molecule has 0 aliphatic carbocycles. The molecule has 0 unspecified atom stereocenters. The highest BCUT2D eigenvalue weighted by Gasteiger charge is 2.22. The fraction of sp³-hybridized carbons (Fsp3) is 0.250. The number of halogens is 1. The summed E-state index contributed by atoms with van der Waals surface area (Å²) in [7, 11) is 1.95. The first-order valence-electron chi connectivity index (χ1n) is 6.58. The lowest BCUT2D eigenvalue weighted by Gasteiger charge is -2.29. The van der Waals surface area contributed by atoms with Crippen LogP contribution in [0.5, 0.6) is 0 Å². The molecule has 2 N–H and O–H groups in total. The Balaban J connectivity index is 2.11. The van der Waals surface area contributed by atoms with Gasteiger partial charge in [-0.2, -0.15) is 0 Å². The Hall–Kier alpha value is -1.51. The van der Waals surface area contributed by atoms with Crippen LogP contribution in [0.25, 0.3) is 0 Å². The molecule has 2 aromatic rings. The Bertz CT molecular complexity index is 595. The molecule has 2 nitrogen and oxygen atoms in total. The van der Waals surface area contributed by atoms with Gasteiger partial charge in [-0.05, 0) is 41.3 Å². The predicted octanol–water partition coefficient (Wildman–Crippen LogP) is 3.62. The molecule has 0 saturated carbocycles. The van der Waals surface area contributed by atoms with Gasteiger partial charge in [0.15, 0.2) is 0 Å². The zero-order valence-corrected chi connectivity index (χ0v) is 11.7. The van der Waals surface area contributed by atoms with Crippen LogP contribution in [0.15, 0.2) is 42.5 Å². The molecule has 0 fully saturated rings. The van der Waals surface area contributed by atoms with Gasteiger partial charge in [0.25, 0.3) is 0 Å². The molecule has 0 amide bonds. The van der Waals surface area contributed by atoms with Crippen LogP contribution in [0.1, 0.15) is 22.7 Å². The van der Waals surface area contributed by atoms with Crippen molar-refractivity contribution in [3.05, 3.63) is 64.2 Å². The average Bonchev–Trinajstić information content (AvgIpc) is 2.46. The third kappa shape index (κ3) is 2.34. The molecule has 3 rings (SSSR count). The minimum Gasteiger partial charge on any atom is -0.388 e. The fourth-order valence-electron chi connectivity index (χ4n) is 2.78. The predicted molar refractivity (Wildman–Crippen MR) is 81.0 cm³/mol. The molecular formula is C16H17ClN2.